The van der Waals surface area contributed by atoms with Crippen molar-refractivity contribution in [3.8, 4) is 0 Å². The number of amides is 1. The molecule has 3 rings (SSSR count). The first kappa shape index (κ1) is 20.5. The molecule has 2 aromatic rings. The van der Waals surface area contributed by atoms with Crippen LogP contribution in [0.1, 0.15) is 42.7 Å². The first-order valence-electron chi connectivity index (χ1n) is 9.12. The Bertz CT molecular complexity index is 919. The van der Waals surface area contributed by atoms with Gasteiger partial charge in [-0.15, -0.1) is 0 Å². The number of hydrogen-bond donors (Lipinski definition) is 2. The number of nitrogens with zero attached hydrogens (tertiary/aromatic N) is 1. The van der Waals surface area contributed by atoms with Crippen LogP contribution < -0.4 is 10.6 Å². The third kappa shape index (κ3) is 4.78. The van der Waals surface area contributed by atoms with Gasteiger partial charge >= 0.3 is 0 Å². The molecular weight excluding hydrogens is 398 g/mol. The molecule has 1 aromatic heterocycles. The molecule has 1 aliphatic rings. The van der Waals surface area contributed by atoms with Crippen LogP contribution in [0.3, 0.4) is 0 Å². The second-order valence-electron chi connectivity index (χ2n) is 6.72. The number of anilines is 1. The van der Waals surface area contributed by atoms with Crippen LogP contribution in [0.5, 0.6) is 0 Å². The van der Waals surface area contributed by atoms with Crippen molar-refractivity contribution < 1.29 is 17.6 Å². The van der Waals surface area contributed by atoms with Crippen molar-refractivity contribution >= 4 is 38.9 Å². The van der Waals surface area contributed by atoms with Gasteiger partial charge < -0.3 is 9.73 Å². The van der Waals surface area contributed by atoms with Gasteiger partial charge in [-0.2, -0.15) is 4.31 Å². The normalized spacial score (nSPS) is 15.4. The molecule has 0 spiro atoms. The number of nitrogens with one attached hydrogen (secondary N) is 2. The fourth-order valence-corrected chi connectivity index (χ4v) is 4.88. The average molecular weight is 422 g/mol. The molecule has 150 valence electrons. The van der Waals surface area contributed by atoms with Gasteiger partial charge in [0.1, 0.15) is 0 Å². The first-order valence-corrected chi connectivity index (χ1v) is 11.0. The zero-order valence-electron chi connectivity index (χ0n) is 15.6. The molecular formula is C19H23N3O4S2. The summed E-state index contributed by atoms with van der Waals surface area (Å²) in [6.45, 7) is 0. The van der Waals surface area contributed by atoms with E-state index in [1.165, 1.54) is 35.2 Å². The van der Waals surface area contributed by atoms with E-state index < -0.39 is 15.9 Å². The van der Waals surface area contributed by atoms with Crippen LogP contribution in [0.4, 0.5) is 5.69 Å². The Hall–Kier alpha value is -2.23. The smallest absolute Gasteiger partial charge is 0.293 e. The Morgan fingerprint density at radius 3 is 2.43 bits per heavy atom. The van der Waals surface area contributed by atoms with Crippen molar-refractivity contribution in [3.63, 3.8) is 0 Å². The van der Waals surface area contributed by atoms with Gasteiger partial charge in [-0.25, -0.2) is 8.42 Å². The van der Waals surface area contributed by atoms with Crippen LogP contribution in [0.25, 0.3) is 0 Å². The Morgan fingerprint density at radius 1 is 1.14 bits per heavy atom. The summed E-state index contributed by atoms with van der Waals surface area (Å²) < 4.78 is 32.2. The quantitative estimate of drug-likeness (QED) is 0.720. The zero-order valence-corrected chi connectivity index (χ0v) is 17.2. The SMILES string of the molecule is CN(C1CCCCC1)S(=O)(=O)c1ccc(NC(=S)NC(=O)c2ccco2)cc1. The average Bonchev–Trinajstić information content (AvgIpc) is 3.23. The highest BCUT2D eigenvalue weighted by Gasteiger charge is 2.28. The lowest BCUT2D eigenvalue weighted by Gasteiger charge is -2.30. The largest absolute Gasteiger partial charge is 0.459 e. The second-order valence-corrected chi connectivity index (χ2v) is 9.13. The fraction of sp³-hybridized carbons (Fsp3) is 0.368. The number of rotatable bonds is 5. The molecule has 0 aliphatic heterocycles. The van der Waals surface area contributed by atoms with Crippen LogP contribution in [-0.2, 0) is 10.0 Å². The summed E-state index contributed by atoms with van der Waals surface area (Å²) in [5.74, 6) is -0.313. The number of hydrogen-bond acceptors (Lipinski definition) is 5. The van der Waals surface area contributed by atoms with Gasteiger partial charge in [0, 0.05) is 18.8 Å². The predicted octanol–water partition coefficient (Wildman–Crippen LogP) is 3.36. The van der Waals surface area contributed by atoms with Gasteiger partial charge in [0.05, 0.1) is 11.2 Å². The highest BCUT2D eigenvalue weighted by molar-refractivity contribution is 7.89. The standard InChI is InChI=1S/C19H23N3O4S2/c1-22(15-6-3-2-4-7-15)28(24,25)16-11-9-14(10-12-16)20-19(27)21-18(23)17-8-5-13-26-17/h5,8-13,15H,2-4,6-7H2,1H3,(H2,20,21,23,27). The number of sulfonamides is 1. The van der Waals surface area contributed by atoms with Crippen LogP contribution in [0.2, 0.25) is 0 Å². The highest BCUT2D eigenvalue weighted by atomic mass is 32.2. The summed E-state index contributed by atoms with van der Waals surface area (Å²) in [7, 11) is -1.89. The van der Waals surface area contributed by atoms with E-state index in [9.17, 15) is 13.2 Å². The van der Waals surface area contributed by atoms with Crippen LogP contribution in [-0.4, -0.2) is 36.8 Å². The maximum absolute atomic E-state index is 12.9. The Labute approximate surface area is 170 Å². The highest BCUT2D eigenvalue weighted by Crippen LogP contribution is 2.27. The molecule has 1 saturated carbocycles. The van der Waals surface area contributed by atoms with Crippen molar-refractivity contribution in [3.05, 3.63) is 48.4 Å². The first-order chi connectivity index (χ1) is 13.4. The van der Waals surface area contributed by atoms with E-state index in [0.717, 1.165) is 25.7 Å². The minimum atomic E-state index is -3.54. The molecule has 0 bridgehead atoms. The van der Waals surface area contributed by atoms with E-state index in [4.69, 9.17) is 16.6 Å². The molecule has 0 radical (unpaired) electrons. The molecule has 1 aliphatic carbocycles. The topological polar surface area (TPSA) is 91.7 Å². The van der Waals surface area contributed by atoms with E-state index in [-0.39, 0.29) is 21.8 Å². The number of carbonyl (C=O) groups is 1. The van der Waals surface area contributed by atoms with Gasteiger partial charge in [-0.05, 0) is 61.5 Å². The predicted molar refractivity (Wildman–Crippen MR) is 111 cm³/mol. The lowest BCUT2D eigenvalue weighted by molar-refractivity contribution is 0.0950. The Morgan fingerprint density at radius 2 is 1.82 bits per heavy atom. The third-order valence-electron chi connectivity index (χ3n) is 4.85. The molecule has 2 N–H and O–H groups in total. The van der Waals surface area contributed by atoms with E-state index in [1.54, 1.807) is 25.2 Å². The lowest BCUT2D eigenvalue weighted by Crippen LogP contribution is -2.38. The summed E-state index contributed by atoms with van der Waals surface area (Å²) in [4.78, 5) is 12.1. The van der Waals surface area contributed by atoms with Crippen LogP contribution in [0, 0.1) is 0 Å². The number of carbonyl (C=O) groups excluding carboxylic acids is 1. The molecule has 0 atom stereocenters. The van der Waals surface area contributed by atoms with Crippen LogP contribution in [0.15, 0.2) is 52.0 Å². The van der Waals surface area contributed by atoms with Gasteiger partial charge in [0.15, 0.2) is 10.9 Å². The minimum absolute atomic E-state index is 0.0564. The summed E-state index contributed by atoms with van der Waals surface area (Å²) >= 11 is 5.11. The molecule has 9 heteroatoms. The van der Waals surface area contributed by atoms with E-state index in [2.05, 4.69) is 10.6 Å². The molecule has 0 unspecified atom stereocenters. The molecule has 28 heavy (non-hydrogen) atoms. The maximum Gasteiger partial charge on any atom is 0.293 e. The minimum Gasteiger partial charge on any atom is -0.459 e. The molecule has 7 nitrogen and oxygen atoms in total. The van der Waals surface area contributed by atoms with Crippen molar-refractivity contribution in [2.24, 2.45) is 0 Å². The van der Waals surface area contributed by atoms with Gasteiger partial charge in [-0.1, -0.05) is 19.3 Å². The van der Waals surface area contributed by atoms with Crippen LogP contribution >= 0.6 is 12.2 Å². The second kappa shape index (κ2) is 8.85. The van der Waals surface area contributed by atoms with Crippen molar-refractivity contribution in [2.45, 2.75) is 43.0 Å². The molecule has 0 saturated heterocycles. The fourth-order valence-electron chi connectivity index (χ4n) is 3.25. The monoisotopic (exact) mass is 421 g/mol. The summed E-state index contributed by atoms with van der Waals surface area (Å²) in [6, 6.07) is 9.50. The summed E-state index contributed by atoms with van der Waals surface area (Å²) in [5.41, 5.74) is 0.573. The molecule has 1 heterocycles. The van der Waals surface area contributed by atoms with E-state index in [0.29, 0.717) is 5.69 Å². The van der Waals surface area contributed by atoms with E-state index >= 15 is 0 Å². The molecule has 1 aromatic carbocycles. The maximum atomic E-state index is 12.9. The number of benzene rings is 1. The number of thiocarbonyl (C=S) groups is 1. The van der Waals surface area contributed by atoms with Gasteiger partial charge in [0.25, 0.3) is 5.91 Å². The number of furan rings is 1. The third-order valence-corrected chi connectivity index (χ3v) is 6.98. The molecule has 1 fully saturated rings. The Kier molecular flexibility index (Phi) is 6.48. The van der Waals surface area contributed by atoms with Gasteiger partial charge in [0.2, 0.25) is 10.0 Å². The Balaban J connectivity index is 1.62. The van der Waals surface area contributed by atoms with Crippen molar-refractivity contribution in [2.75, 3.05) is 12.4 Å². The van der Waals surface area contributed by atoms with Crippen molar-refractivity contribution in [1.29, 1.82) is 0 Å². The molecule has 1 amide bonds. The summed E-state index contributed by atoms with van der Waals surface area (Å²) in [5, 5.41) is 5.45. The summed E-state index contributed by atoms with van der Waals surface area (Å²) in [6.07, 6.45) is 6.50. The lowest BCUT2D eigenvalue weighted by atomic mass is 9.96. The van der Waals surface area contributed by atoms with Gasteiger partial charge in [-0.3, -0.25) is 10.1 Å². The zero-order chi connectivity index (χ0) is 20.1. The van der Waals surface area contributed by atoms with Crippen molar-refractivity contribution in [1.82, 2.24) is 9.62 Å². The van der Waals surface area contributed by atoms with E-state index in [1.807, 2.05) is 0 Å².